The number of hydrogen-bond acceptors (Lipinski definition) is 12. The molecule has 0 bridgehead atoms. The highest BCUT2D eigenvalue weighted by Gasteiger charge is 2.54. The summed E-state index contributed by atoms with van der Waals surface area (Å²) in [7, 11) is 2.99. The van der Waals surface area contributed by atoms with Gasteiger partial charge < -0.3 is 52.8 Å². The number of esters is 1. The largest absolute Gasteiger partial charge is 0.502 e. The van der Waals surface area contributed by atoms with Crippen LogP contribution < -0.4 is 18.9 Å². The molecular formula is C29H34O12. The summed E-state index contributed by atoms with van der Waals surface area (Å²) in [6.07, 6.45) is -0.807. The molecule has 41 heavy (non-hydrogen) atoms. The summed E-state index contributed by atoms with van der Waals surface area (Å²) in [5, 5.41) is 18.7. The van der Waals surface area contributed by atoms with Gasteiger partial charge in [-0.05, 0) is 48.7 Å². The number of benzene rings is 2. The Balaban J connectivity index is 0.000000233. The monoisotopic (exact) mass is 574 g/mol. The van der Waals surface area contributed by atoms with Crippen LogP contribution >= 0.6 is 0 Å². The SMILES string of the molecule is COc1cccc(OC)c1O.C[C@@H](O)OCC1OC(OC2c3cc4c(cc3CC3C(=O)OCC32)OCO4)CC2OC12. The summed E-state index contributed by atoms with van der Waals surface area (Å²) in [6, 6.07) is 8.97. The number of aliphatic hydroxyl groups is 1. The average Bonchev–Trinajstić information content (AvgIpc) is 3.45. The summed E-state index contributed by atoms with van der Waals surface area (Å²) in [4.78, 5) is 12.3. The highest BCUT2D eigenvalue weighted by atomic mass is 16.7. The molecule has 8 atom stereocenters. The van der Waals surface area contributed by atoms with E-state index in [9.17, 15) is 15.0 Å². The van der Waals surface area contributed by atoms with Gasteiger partial charge in [0.2, 0.25) is 12.5 Å². The molecule has 0 radical (unpaired) electrons. The molecule has 2 aromatic carbocycles. The number of methoxy groups -OCH3 is 2. The first-order valence-corrected chi connectivity index (χ1v) is 13.6. The lowest BCUT2D eigenvalue weighted by molar-refractivity contribution is -0.237. The standard InChI is InChI=1S/C21H24O9.C8H10O3/c1-9(22)24-7-17-20-16(29-20)5-18(28-17)30-19-11-4-15-14(26-8-27-15)3-10(11)2-12-13(19)6-25-21(12)23;1-10-6-4-3-5-7(11-2)8(6)9/h3-4,9,12-13,16-20,22H,2,5-8H2,1H3;3-5,9H,1-2H3/t9-,12?,13?,16?,17?,18?,19?,20?;/m0./s1. The van der Waals surface area contributed by atoms with Crippen LogP contribution in [0.1, 0.15) is 30.6 Å². The van der Waals surface area contributed by atoms with Crippen LogP contribution in [0.4, 0.5) is 0 Å². The smallest absolute Gasteiger partial charge is 0.309 e. The van der Waals surface area contributed by atoms with E-state index in [0.29, 0.717) is 42.4 Å². The number of ether oxygens (including phenoxy) is 9. The van der Waals surface area contributed by atoms with Crippen LogP contribution in [-0.2, 0) is 34.9 Å². The van der Waals surface area contributed by atoms with Crippen molar-refractivity contribution in [3.8, 4) is 28.7 Å². The van der Waals surface area contributed by atoms with Gasteiger partial charge in [-0.2, -0.15) is 0 Å². The van der Waals surface area contributed by atoms with Crippen molar-refractivity contribution in [1.29, 1.82) is 0 Å². The molecule has 12 nitrogen and oxygen atoms in total. The van der Waals surface area contributed by atoms with E-state index in [-0.39, 0.29) is 61.4 Å². The zero-order chi connectivity index (χ0) is 28.7. The van der Waals surface area contributed by atoms with Crippen LogP contribution in [0.2, 0.25) is 0 Å². The second-order valence-electron chi connectivity index (χ2n) is 10.5. The molecule has 2 aromatic rings. The summed E-state index contributed by atoms with van der Waals surface area (Å²) in [6.45, 7) is 2.30. The minimum absolute atomic E-state index is 0.0276. The van der Waals surface area contributed by atoms with Gasteiger partial charge in [-0.25, -0.2) is 0 Å². The molecular weight excluding hydrogens is 540 g/mol. The van der Waals surface area contributed by atoms with Gasteiger partial charge in [0.05, 0.1) is 45.6 Å². The van der Waals surface area contributed by atoms with Gasteiger partial charge in [-0.1, -0.05) is 6.07 Å². The van der Waals surface area contributed by atoms with E-state index in [1.165, 1.54) is 14.2 Å². The van der Waals surface area contributed by atoms with Gasteiger partial charge in [-0.3, -0.25) is 4.79 Å². The Morgan fingerprint density at radius 1 is 1.05 bits per heavy atom. The Bertz CT molecular complexity index is 1240. The number of phenols is 1. The number of epoxide rings is 1. The van der Waals surface area contributed by atoms with E-state index in [2.05, 4.69) is 0 Å². The topological polar surface area (TPSA) is 144 Å². The first kappa shape index (κ1) is 27.9. The van der Waals surface area contributed by atoms with E-state index in [0.717, 1.165) is 11.1 Å². The molecule has 3 saturated heterocycles. The second-order valence-corrected chi connectivity index (χ2v) is 10.5. The van der Waals surface area contributed by atoms with Crippen LogP contribution in [0.5, 0.6) is 28.7 Å². The van der Waals surface area contributed by atoms with Crippen LogP contribution in [-0.4, -0.2) is 81.3 Å². The van der Waals surface area contributed by atoms with Crippen molar-refractivity contribution in [1.82, 2.24) is 0 Å². The highest BCUT2D eigenvalue weighted by molar-refractivity contribution is 5.76. The lowest BCUT2D eigenvalue weighted by Gasteiger charge is -2.37. The maximum absolute atomic E-state index is 12.3. The normalized spacial score (nSPS) is 31.0. The average molecular weight is 575 g/mol. The molecule has 0 saturated carbocycles. The lowest BCUT2D eigenvalue weighted by atomic mass is 9.75. The first-order valence-electron chi connectivity index (χ1n) is 13.6. The zero-order valence-electron chi connectivity index (χ0n) is 23.0. The Hall–Kier alpha value is -3.29. The zero-order valence-corrected chi connectivity index (χ0v) is 23.0. The van der Waals surface area contributed by atoms with Crippen LogP contribution in [0.3, 0.4) is 0 Å². The third-order valence-corrected chi connectivity index (χ3v) is 7.95. The molecule has 5 aliphatic rings. The maximum atomic E-state index is 12.3. The quantitative estimate of drug-likeness (QED) is 0.285. The Kier molecular flexibility index (Phi) is 7.84. The van der Waals surface area contributed by atoms with E-state index < -0.39 is 12.6 Å². The number of rotatable bonds is 7. The van der Waals surface area contributed by atoms with Crippen LogP contribution in [0.25, 0.3) is 0 Å². The van der Waals surface area contributed by atoms with Crippen molar-refractivity contribution < 1.29 is 57.6 Å². The number of carbonyl (C=O) groups excluding carboxylic acids is 1. The number of phenolic OH excluding ortho intramolecular Hbond substituents is 1. The van der Waals surface area contributed by atoms with Gasteiger partial charge in [0.15, 0.2) is 35.6 Å². The second kappa shape index (κ2) is 11.5. The van der Waals surface area contributed by atoms with Crippen molar-refractivity contribution in [2.75, 3.05) is 34.2 Å². The number of hydrogen-bond donors (Lipinski definition) is 2. The molecule has 0 amide bonds. The fourth-order valence-corrected chi connectivity index (χ4v) is 5.83. The van der Waals surface area contributed by atoms with E-state index in [1.54, 1.807) is 25.1 Å². The number of para-hydroxylation sites is 1. The van der Waals surface area contributed by atoms with Crippen molar-refractivity contribution >= 4 is 5.97 Å². The van der Waals surface area contributed by atoms with Crippen molar-refractivity contribution in [2.45, 2.75) is 56.8 Å². The molecule has 7 rings (SSSR count). The third-order valence-electron chi connectivity index (χ3n) is 7.95. The fraction of sp³-hybridized carbons (Fsp3) is 0.552. The molecule has 1 aliphatic carbocycles. The molecule has 4 aliphatic heterocycles. The number of cyclic esters (lactones) is 1. The summed E-state index contributed by atoms with van der Waals surface area (Å²) >= 11 is 0. The van der Waals surface area contributed by atoms with Gasteiger partial charge in [0, 0.05) is 12.3 Å². The molecule has 2 N–H and O–H groups in total. The minimum Gasteiger partial charge on any atom is -0.502 e. The molecule has 7 unspecified atom stereocenters. The van der Waals surface area contributed by atoms with Gasteiger partial charge in [-0.15, -0.1) is 0 Å². The van der Waals surface area contributed by atoms with E-state index >= 15 is 0 Å². The first-order chi connectivity index (χ1) is 19.9. The Morgan fingerprint density at radius 2 is 1.78 bits per heavy atom. The maximum Gasteiger partial charge on any atom is 0.309 e. The third kappa shape index (κ3) is 5.62. The molecule has 222 valence electrons. The van der Waals surface area contributed by atoms with E-state index in [4.69, 9.17) is 42.6 Å². The van der Waals surface area contributed by atoms with Gasteiger partial charge in [0.1, 0.15) is 12.2 Å². The summed E-state index contributed by atoms with van der Waals surface area (Å²) in [5.41, 5.74) is 1.99. The number of fused-ring (bicyclic) bond motifs is 4. The predicted octanol–water partition coefficient (Wildman–Crippen LogP) is 2.46. The molecule has 4 heterocycles. The van der Waals surface area contributed by atoms with Crippen molar-refractivity contribution in [3.63, 3.8) is 0 Å². The minimum atomic E-state index is -0.871. The highest BCUT2D eigenvalue weighted by Crippen LogP contribution is 2.50. The number of aromatic hydroxyl groups is 1. The van der Waals surface area contributed by atoms with E-state index in [1.807, 2.05) is 12.1 Å². The van der Waals surface area contributed by atoms with Gasteiger partial charge >= 0.3 is 5.97 Å². The number of carbonyl (C=O) groups is 1. The molecule has 0 aromatic heterocycles. The fourth-order valence-electron chi connectivity index (χ4n) is 5.83. The molecule has 0 spiro atoms. The van der Waals surface area contributed by atoms with Gasteiger partial charge in [0.25, 0.3) is 0 Å². The Labute approximate surface area is 236 Å². The predicted molar refractivity (Wildman–Crippen MR) is 139 cm³/mol. The molecule has 12 heteroatoms. The van der Waals surface area contributed by atoms with Crippen molar-refractivity contribution in [2.24, 2.45) is 11.8 Å². The number of aliphatic hydroxyl groups excluding tert-OH is 1. The Morgan fingerprint density at radius 3 is 2.49 bits per heavy atom. The van der Waals surface area contributed by atoms with Crippen molar-refractivity contribution in [3.05, 3.63) is 41.5 Å². The lowest BCUT2D eigenvalue weighted by Crippen LogP contribution is -2.41. The van der Waals surface area contributed by atoms with Crippen LogP contribution in [0, 0.1) is 11.8 Å². The summed E-state index contributed by atoms with van der Waals surface area (Å²) < 4.78 is 49.7. The molecule has 3 fully saturated rings. The van der Waals surface area contributed by atoms with Crippen LogP contribution in [0.15, 0.2) is 30.3 Å². The summed E-state index contributed by atoms with van der Waals surface area (Å²) in [5.74, 6) is 1.74.